The summed E-state index contributed by atoms with van der Waals surface area (Å²) in [5.74, 6) is 0.414. The summed E-state index contributed by atoms with van der Waals surface area (Å²) in [4.78, 5) is 15.5. The van der Waals surface area contributed by atoms with Gasteiger partial charge in [0.15, 0.2) is 12.0 Å². The third kappa shape index (κ3) is 0.570. The maximum atomic E-state index is 5.47. The quantitative estimate of drug-likeness (QED) is 0.463. The normalized spacial score (nSPS) is 27.8. The number of nitrogens with zero attached hydrogens (tertiary/aromatic N) is 4. The van der Waals surface area contributed by atoms with E-state index in [9.17, 15) is 0 Å². The molecule has 2 heterocycles. The second-order valence-corrected chi connectivity index (χ2v) is 1.93. The summed E-state index contributed by atoms with van der Waals surface area (Å²) >= 11 is 0. The minimum absolute atomic E-state index is 0.225. The fourth-order valence-corrected chi connectivity index (χ4v) is 0.828. The highest BCUT2D eigenvalue weighted by Crippen LogP contribution is 2.05. The zero-order chi connectivity index (χ0) is 6.97. The molecule has 0 saturated heterocycles. The van der Waals surface area contributed by atoms with Crippen molar-refractivity contribution in [3.63, 3.8) is 0 Å². The van der Waals surface area contributed by atoms with Crippen LogP contribution in [0.4, 0.5) is 0 Å². The van der Waals surface area contributed by atoms with Crippen LogP contribution in [0.2, 0.25) is 0 Å². The lowest BCUT2D eigenvalue weighted by Gasteiger charge is -2.07. The van der Waals surface area contributed by atoms with Crippen molar-refractivity contribution in [1.29, 1.82) is 0 Å². The second-order valence-electron chi connectivity index (χ2n) is 1.93. The monoisotopic (exact) mass is 135 g/mol. The summed E-state index contributed by atoms with van der Waals surface area (Å²) in [6, 6.07) is 0. The summed E-state index contributed by atoms with van der Waals surface area (Å²) in [6.45, 7) is 0. The molecular formula is C5H5N5. The molecule has 5 heteroatoms. The van der Waals surface area contributed by atoms with Gasteiger partial charge in [-0.2, -0.15) is 0 Å². The van der Waals surface area contributed by atoms with Gasteiger partial charge in [-0.15, -0.1) is 0 Å². The lowest BCUT2D eigenvalue weighted by atomic mass is 10.3. The number of hydrogen-bond donors (Lipinski definition) is 1. The van der Waals surface area contributed by atoms with Crippen LogP contribution in [0.15, 0.2) is 20.0 Å². The lowest BCUT2D eigenvalue weighted by Crippen LogP contribution is -2.33. The minimum Gasteiger partial charge on any atom is -0.382 e. The summed E-state index contributed by atoms with van der Waals surface area (Å²) in [7, 11) is 0. The van der Waals surface area contributed by atoms with Crippen LogP contribution in [-0.2, 0) is 0 Å². The van der Waals surface area contributed by atoms with Crippen LogP contribution in [0, 0.1) is 0 Å². The van der Waals surface area contributed by atoms with E-state index in [4.69, 9.17) is 5.73 Å². The van der Waals surface area contributed by atoms with E-state index in [-0.39, 0.29) is 6.17 Å². The van der Waals surface area contributed by atoms with Gasteiger partial charge in [-0.3, -0.25) is 0 Å². The van der Waals surface area contributed by atoms with E-state index in [1.807, 2.05) is 0 Å². The first kappa shape index (κ1) is 5.28. The average molecular weight is 135 g/mol. The zero-order valence-corrected chi connectivity index (χ0v) is 5.10. The molecule has 10 heavy (non-hydrogen) atoms. The smallest absolute Gasteiger partial charge is 0.189 e. The molecule has 50 valence electrons. The maximum absolute atomic E-state index is 5.47. The van der Waals surface area contributed by atoms with Crippen molar-refractivity contribution in [2.24, 2.45) is 25.7 Å². The standard InChI is InChI=1S/C5H5N5/c6-4-3-5(9-1-7-3)10-2-8-4/h1-2,5H,(H2,6,8,10). The summed E-state index contributed by atoms with van der Waals surface area (Å²) in [5.41, 5.74) is 6.12. The molecule has 1 atom stereocenters. The van der Waals surface area contributed by atoms with Crippen LogP contribution in [0.1, 0.15) is 0 Å². The van der Waals surface area contributed by atoms with Crippen molar-refractivity contribution >= 4 is 24.2 Å². The summed E-state index contributed by atoms with van der Waals surface area (Å²) in [5, 5.41) is 0. The summed E-state index contributed by atoms with van der Waals surface area (Å²) < 4.78 is 0. The van der Waals surface area contributed by atoms with Crippen molar-refractivity contribution in [3.05, 3.63) is 0 Å². The zero-order valence-electron chi connectivity index (χ0n) is 5.10. The van der Waals surface area contributed by atoms with Gasteiger partial charge >= 0.3 is 0 Å². The van der Waals surface area contributed by atoms with E-state index >= 15 is 0 Å². The highest BCUT2D eigenvalue weighted by Gasteiger charge is 2.21. The first-order chi connectivity index (χ1) is 4.88. The Hall–Kier alpha value is -1.52. The molecule has 2 aliphatic heterocycles. The molecule has 0 amide bonds. The van der Waals surface area contributed by atoms with E-state index in [2.05, 4.69) is 20.0 Å². The summed E-state index contributed by atoms with van der Waals surface area (Å²) in [6.07, 6.45) is 2.63. The van der Waals surface area contributed by atoms with Gasteiger partial charge in [0, 0.05) is 0 Å². The molecule has 0 radical (unpaired) electrons. The Balaban J connectivity index is 2.44. The maximum Gasteiger partial charge on any atom is 0.189 e. The largest absolute Gasteiger partial charge is 0.382 e. The van der Waals surface area contributed by atoms with Gasteiger partial charge in [0.1, 0.15) is 18.4 Å². The molecule has 0 aromatic heterocycles. The number of amidine groups is 1. The number of hydrogen-bond acceptors (Lipinski definition) is 5. The Kier molecular flexibility index (Phi) is 0.913. The van der Waals surface area contributed by atoms with E-state index in [0.717, 1.165) is 0 Å². The topological polar surface area (TPSA) is 75.5 Å². The lowest BCUT2D eigenvalue weighted by molar-refractivity contribution is 0.951. The highest BCUT2D eigenvalue weighted by atomic mass is 15.2. The Morgan fingerprint density at radius 2 is 1.90 bits per heavy atom. The number of rotatable bonds is 0. The van der Waals surface area contributed by atoms with Crippen molar-refractivity contribution in [2.45, 2.75) is 6.17 Å². The molecule has 5 nitrogen and oxygen atoms in total. The van der Waals surface area contributed by atoms with Crippen LogP contribution >= 0.6 is 0 Å². The van der Waals surface area contributed by atoms with Gasteiger partial charge in [0.2, 0.25) is 0 Å². The molecule has 2 N–H and O–H groups in total. The van der Waals surface area contributed by atoms with E-state index in [1.54, 1.807) is 0 Å². The molecule has 0 bridgehead atoms. The van der Waals surface area contributed by atoms with Gasteiger partial charge in [0.05, 0.1) is 0 Å². The third-order valence-electron chi connectivity index (χ3n) is 1.32. The van der Waals surface area contributed by atoms with Gasteiger partial charge in [-0.05, 0) is 0 Å². The van der Waals surface area contributed by atoms with Crippen molar-refractivity contribution in [3.8, 4) is 0 Å². The predicted molar refractivity (Wildman–Crippen MR) is 39.8 cm³/mol. The van der Waals surface area contributed by atoms with Crippen LogP contribution in [0.3, 0.4) is 0 Å². The van der Waals surface area contributed by atoms with Crippen molar-refractivity contribution in [2.75, 3.05) is 0 Å². The van der Waals surface area contributed by atoms with Crippen LogP contribution in [0.5, 0.6) is 0 Å². The molecule has 0 aromatic rings. The average Bonchev–Trinajstić information content (AvgIpc) is 2.36. The Bertz CT molecular complexity index is 272. The highest BCUT2D eigenvalue weighted by molar-refractivity contribution is 6.46. The molecular weight excluding hydrogens is 130 g/mol. The Morgan fingerprint density at radius 3 is 2.60 bits per heavy atom. The fourth-order valence-electron chi connectivity index (χ4n) is 0.828. The minimum atomic E-state index is -0.225. The van der Waals surface area contributed by atoms with Gasteiger partial charge in [-0.25, -0.2) is 20.0 Å². The number of fused-ring (bicyclic) bond motifs is 1. The molecule has 0 fully saturated rings. The first-order valence-electron chi connectivity index (χ1n) is 2.82. The second kappa shape index (κ2) is 1.73. The van der Waals surface area contributed by atoms with Crippen molar-refractivity contribution in [1.82, 2.24) is 0 Å². The Labute approximate surface area is 57.1 Å². The molecule has 0 aliphatic carbocycles. The molecule has 0 saturated carbocycles. The molecule has 2 aliphatic rings. The predicted octanol–water partition coefficient (Wildman–Crippen LogP) is -0.806. The molecule has 0 aromatic carbocycles. The fraction of sp³-hybridized carbons (Fsp3) is 0.200. The van der Waals surface area contributed by atoms with E-state index in [0.29, 0.717) is 11.5 Å². The molecule has 0 spiro atoms. The van der Waals surface area contributed by atoms with Gasteiger partial charge < -0.3 is 5.73 Å². The van der Waals surface area contributed by atoms with Crippen LogP contribution < -0.4 is 5.73 Å². The number of nitrogens with two attached hydrogens (primary N) is 1. The van der Waals surface area contributed by atoms with E-state index in [1.165, 1.54) is 12.7 Å². The van der Waals surface area contributed by atoms with Crippen LogP contribution in [-0.4, -0.2) is 30.4 Å². The number of aliphatic imine (C=N–C) groups is 4. The van der Waals surface area contributed by atoms with Gasteiger partial charge in [0.25, 0.3) is 0 Å². The van der Waals surface area contributed by atoms with Crippen molar-refractivity contribution < 1.29 is 0 Å². The molecule has 2 rings (SSSR count). The first-order valence-corrected chi connectivity index (χ1v) is 2.82. The van der Waals surface area contributed by atoms with Crippen LogP contribution in [0.25, 0.3) is 0 Å². The van der Waals surface area contributed by atoms with E-state index < -0.39 is 0 Å². The SMILES string of the molecule is NC1=NC=NC2N=CN=C12. The van der Waals surface area contributed by atoms with Gasteiger partial charge in [-0.1, -0.05) is 0 Å². The molecule has 1 unspecified atom stereocenters. The third-order valence-corrected chi connectivity index (χ3v) is 1.32. The Morgan fingerprint density at radius 1 is 1.20 bits per heavy atom.